The van der Waals surface area contributed by atoms with Crippen LogP contribution in [-0.2, 0) is 0 Å². The van der Waals surface area contributed by atoms with Crippen molar-refractivity contribution in [3.05, 3.63) is 24.3 Å². The van der Waals surface area contributed by atoms with Crippen LogP contribution in [0.3, 0.4) is 0 Å². The molecule has 2 amide bonds. The smallest absolute Gasteiger partial charge is 0.404 e. The van der Waals surface area contributed by atoms with Crippen molar-refractivity contribution >= 4 is 11.7 Å². The second-order valence-electron chi connectivity index (χ2n) is 5.00. The molecule has 1 atom stereocenters. The van der Waals surface area contributed by atoms with E-state index in [0.29, 0.717) is 13.0 Å². The van der Waals surface area contributed by atoms with E-state index in [1.54, 1.807) is 0 Å². The normalized spacial score (nSPS) is 18.9. The summed E-state index contributed by atoms with van der Waals surface area (Å²) in [4.78, 5) is 13.7. The molecule has 0 aliphatic carbocycles. The Morgan fingerprint density at radius 1 is 1.36 bits per heavy atom. The van der Waals surface area contributed by atoms with Gasteiger partial charge in [0.15, 0.2) is 5.75 Å². The fraction of sp³-hybridized carbons (Fsp3) is 0.500. The van der Waals surface area contributed by atoms with Crippen molar-refractivity contribution in [3.8, 4) is 5.75 Å². The van der Waals surface area contributed by atoms with Gasteiger partial charge in [0.25, 0.3) is 0 Å². The maximum Gasteiger partial charge on any atom is 0.573 e. The van der Waals surface area contributed by atoms with Crippen LogP contribution in [0.2, 0.25) is 0 Å². The number of nitrogens with one attached hydrogen (secondary N) is 1. The number of benzene rings is 1. The summed E-state index contributed by atoms with van der Waals surface area (Å²) in [5.41, 5.74) is -0.0629. The standard InChI is InChI=1S/C14H17F3N2O3/c15-14(16,17)22-12-7-2-1-6-11(12)18-13(21)19-8-4-3-5-10(19)9-20/h1-2,6-7,10,20H,3-5,8-9H2,(H,18,21)/t10-/m0/s1. The van der Waals surface area contributed by atoms with Crippen LogP contribution in [-0.4, -0.2) is 41.6 Å². The Morgan fingerprint density at radius 2 is 2.09 bits per heavy atom. The maximum atomic E-state index is 12.4. The van der Waals surface area contributed by atoms with E-state index < -0.39 is 18.1 Å². The molecule has 2 rings (SSSR count). The third-order valence-electron chi connectivity index (χ3n) is 3.45. The predicted molar refractivity (Wildman–Crippen MR) is 73.6 cm³/mol. The third-order valence-corrected chi connectivity index (χ3v) is 3.45. The van der Waals surface area contributed by atoms with Gasteiger partial charge in [-0.2, -0.15) is 0 Å². The van der Waals surface area contributed by atoms with E-state index >= 15 is 0 Å². The Kier molecular flexibility index (Phi) is 5.12. The van der Waals surface area contributed by atoms with Gasteiger partial charge in [0.05, 0.1) is 18.3 Å². The molecule has 0 spiro atoms. The molecule has 8 heteroatoms. The number of alkyl halides is 3. The van der Waals surface area contributed by atoms with Gasteiger partial charge in [-0.25, -0.2) is 4.79 Å². The number of hydrogen-bond acceptors (Lipinski definition) is 3. The molecule has 1 heterocycles. The number of anilines is 1. The number of aliphatic hydroxyl groups is 1. The third kappa shape index (κ3) is 4.27. The second kappa shape index (κ2) is 6.87. The Morgan fingerprint density at radius 3 is 2.77 bits per heavy atom. The molecule has 1 saturated heterocycles. The minimum absolute atomic E-state index is 0.0629. The summed E-state index contributed by atoms with van der Waals surface area (Å²) >= 11 is 0. The highest BCUT2D eigenvalue weighted by Gasteiger charge is 2.33. The number of ether oxygens (including phenoxy) is 1. The Balaban J connectivity index is 2.11. The molecular formula is C14H17F3N2O3. The van der Waals surface area contributed by atoms with E-state index in [9.17, 15) is 23.1 Å². The SMILES string of the molecule is O=C(Nc1ccccc1OC(F)(F)F)N1CCCC[C@H]1CO. The molecule has 1 fully saturated rings. The zero-order valence-corrected chi connectivity index (χ0v) is 11.8. The number of para-hydroxylation sites is 2. The van der Waals surface area contributed by atoms with Gasteiger partial charge in [-0.1, -0.05) is 12.1 Å². The van der Waals surface area contributed by atoms with Crippen molar-refractivity contribution in [2.75, 3.05) is 18.5 Å². The number of aliphatic hydroxyl groups excluding tert-OH is 1. The number of piperidine rings is 1. The lowest BCUT2D eigenvalue weighted by Gasteiger charge is -2.34. The molecular weight excluding hydrogens is 301 g/mol. The maximum absolute atomic E-state index is 12.4. The van der Waals surface area contributed by atoms with Gasteiger partial charge >= 0.3 is 12.4 Å². The van der Waals surface area contributed by atoms with Crippen LogP contribution < -0.4 is 10.1 Å². The van der Waals surface area contributed by atoms with Crippen molar-refractivity contribution in [1.29, 1.82) is 0 Å². The van der Waals surface area contributed by atoms with E-state index in [2.05, 4.69) is 10.1 Å². The average molecular weight is 318 g/mol. The number of urea groups is 1. The van der Waals surface area contributed by atoms with Gasteiger partial charge in [-0.15, -0.1) is 13.2 Å². The highest BCUT2D eigenvalue weighted by Crippen LogP contribution is 2.30. The van der Waals surface area contributed by atoms with Gasteiger partial charge in [-0.3, -0.25) is 0 Å². The summed E-state index contributed by atoms with van der Waals surface area (Å²) in [6, 6.07) is 4.48. The lowest BCUT2D eigenvalue weighted by molar-refractivity contribution is -0.274. The highest BCUT2D eigenvalue weighted by molar-refractivity contribution is 5.91. The number of amides is 2. The quantitative estimate of drug-likeness (QED) is 0.901. The van der Waals surface area contributed by atoms with Crippen LogP contribution >= 0.6 is 0 Å². The fourth-order valence-electron chi connectivity index (χ4n) is 2.43. The van der Waals surface area contributed by atoms with Crippen molar-refractivity contribution < 1.29 is 27.8 Å². The average Bonchev–Trinajstić information content (AvgIpc) is 2.47. The monoisotopic (exact) mass is 318 g/mol. The van der Waals surface area contributed by atoms with Gasteiger partial charge in [0, 0.05) is 6.54 Å². The Hall–Kier alpha value is -1.96. The number of likely N-dealkylation sites (tertiary alicyclic amines) is 1. The zero-order chi connectivity index (χ0) is 16.2. The van der Waals surface area contributed by atoms with Crippen LogP contribution in [0.5, 0.6) is 5.75 Å². The number of halogens is 3. The van der Waals surface area contributed by atoms with Crippen molar-refractivity contribution in [1.82, 2.24) is 4.90 Å². The lowest BCUT2D eigenvalue weighted by Crippen LogP contribution is -2.47. The molecule has 0 bridgehead atoms. The fourth-order valence-corrected chi connectivity index (χ4v) is 2.43. The Bertz CT molecular complexity index is 522. The number of hydrogen-bond donors (Lipinski definition) is 2. The van der Waals surface area contributed by atoms with Crippen LogP contribution in [0.15, 0.2) is 24.3 Å². The molecule has 5 nitrogen and oxygen atoms in total. The van der Waals surface area contributed by atoms with Gasteiger partial charge in [0.2, 0.25) is 0 Å². The number of carbonyl (C=O) groups is 1. The topological polar surface area (TPSA) is 61.8 Å². The molecule has 0 radical (unpaired) electrons. The van der Waals surface area contributed by atoms with Crippen molar-refractivity contribution in [2.24, 2.45) is 0 Å². The first-order valence-electron chi connectivity index (χ1n) is 6.94. The van der Waals surface area contributed by atoms with E-state index in [1.807, 2.05) is 0 Å². The van der Waals surface area contributed by atoms with E-state index in [1.165, 1.54) is 23.1 Å². The summed E-state index contributed by atoms with van der Waals surface area (Å²) in [5, 5.41) is 11.7. The number of rotatable bonds is 3. The molecule has 0 aromatic heterocycles. The largest absolute Gasteiger partial charge is 0.573 e. The first-order valence-corrected chi connectivity index (χ1v) is 6.94. The molecule has 122 valence electrons. The summed E-state index contributed by atoms with van der Waals surface area (Å²) in [7, 11) is 0. The van der Waals surface area contributed by atoms with Crippen molar-refractivity contribution in [2.45, 2.75) is 31.7 Å². The number of nitrogens with zero attached hydrogens (tertiary/aromatic N) is 1. The minimum Gasteiger partial charge on any atom is -0.404 e. The van der Waals surface area contributed by atoms with E-state index in [-0.39, 0.29) is 18.3 Å². The van der Waals surface area contributed by atoms with Crippen LogP contribution in [0, 0.1) is 0 Å². The minimum atomic E-state index is -4.83. The highest BCUT2D eigenvalue weighted by atomic mass is 19.4. The number of carbonyl (C=O) groups excluding carboxylic acids is 1. The zero-order valence-electron chi connectivity index (χ0n) is 11.8. The molecule has 1 aliphatic rings. The molecule has 2 N–H and O–H groups in total. The molecule has 1 aromatic carbocycles. The van der Waals surface area contributed by atoms with Crippen LogP contribution in [0.4, 0.5) is 23.7 Å². The molecule has 0 unspecified atom stereocenters. The van der Waals surface area contributed by atoms with E-state index in [0.717, 1.165) is 18.9 Å². The van der Waals surface area contributed by atoms with Crippen molar-refractivity contribution in [3.63, 3.8) is 0 Å². The first-order chi connectivity index (χ1) is 10.4. The molecule has 1 aliphatic heterocycles. The van der Waals surface area contributed by atoms with E-state index in [4.69, 9.17) is 0 Å². The Labute approximate surface area is 125 Å². The van der Waals surface area contributed by atoms with Gasteiger partial charge < -0.3 is 20.1 Å². The molecule has 0 saturated carbocycles. The van der Waals surface area contributed by atoms with Crippen LogP contribution in [0.25, 0.3) is 0 Å². The molecule has 1 aromatic rings. The summed E-state index contributed by atoms with van der Waals surface area (Å²) in [6.07, 6.45) is -2.46. The lowest BCUT2D eigenvalue weighted by atomic mass is 10.0. The second-order valence-corrected chi connectivity index (χ2v) is 5.00. The summed E-state index contributed by atoms with van der Waals surface area (Å²) in [6.45, 7) is 0.285. The summed E-state index contributed by atoms with van der Waals surface area (Å²) in [5.74, 6) is -0.471. The van der Waals surface area contributed by atoms with Gasteiger partial charge in [-0.05, 0) is 31.4 Å². The summed E-state index contributed by atoms with van der Waals surface area (Å²) < 4.78 is 40.9. The molecule has 22 heavy (non-hydrogen) atoms. The van der Waals surface area contributed by atoms with Crippen LogP contribution in [0.1, 0.15) is 19.3 Å². The predicted octanol–water partition coefficient (Wildman–Crippen LogP) is 2.96. The first kappa shape index (κ1) is 16.4. The van der Waals surface area contributed by atoms with Gasteiger partial charge in [0.1, 0.15) is 0 Å².